The van der Waals surface area contributed by atoms with Crippen LogP contribution in [0.3, 0.4) is 0 Å². The molecule has 1 atom stereocenters. The maximum atomic E-state index is 12.6. The lowest BCUT2D eigenvalue weighted by Crippen LogP contribution is -2.40. The van der Waals surface area contributed by atoms with Crippen LogP contribution in [0.1, 0.15) is 48.9 Å². The van der Waals surface area contributed by atoms with Crippen LogP contribution in [0.4, 0.5) is 11.4 Å². The van der Waals surface area contributed by atoms with Gasteiger partial charge in [-0.05, 0) is 55.0 Å². The zero-order chi connectivity index (χ0) is 26.7. The summed E-state index contributed by atoms with van der Waals surface area (Å²) in [6, 6.07) is 22.9. The van der Waals surface area contributed by atoms with Gasteiger partial charge in [0, 0.05) is 49.9 Å². The van der Waals surface area contributed by atoms with Gasteiger partial charge in [0.1, 0.15) is 0 Å². The highest BCUT2D eigenvalue weighted by atomic mass is 32.2. The van der Waals surface area contributed by atoms with Gasteiger partial charge in [-0.1, -0.05) is 54.6 Å². The van der Waals surface area contributed by atoms with Crippen LogP contribution in [0.2, 0.25) is 0 Å². The van der Waals surface area contributed by atoms with Crippen molar-refractivity contribution in [2.24, 2.45) is 0 Å². The van der Waals surface area contributed by atoms with Gasteiger partial charge < -0.3 is 15.1 Å². The topological polar surface area (TPSA) is 69.7 Å². The van der Waals surface area contributed by atoms with Crippen LogP contribution in [0, 0.1) is 6.92 Å². The van der Waals surface area contributed by atoms with Gasteiger partial charge in [0.05, 0.1) is 23.2 Å². The third kappa shape index (κ3) is 5.73. The summed E-state index contributed by atoms with van der Waals surface area (Å²) in [5.74, 6) is 0.256. The van der Waals surface area contributed by atoms with Gasteiger partial charge in [0.15, 0.2) is 9.84 Å². The summed E-state index contributed by atoms with van der Waals surface area (Å²) in [5, 5.41) is 3.27. The second-order valence-electron chi connectivity index (χ2n) is 10.5. The molecule has 2 aliphatic heterocycles. The van der Waals surface area contributed by atoms with Gasteiger partial charge in [-0.15, -0.1) is 0 Å². The summed E-state index contributed by atoms with van der Waals surface area (Å²) >= 11 is 0. The second-order valence-corrected chi connectivity index (χ2v) is 12.8. The summed E-state index contributed by atoms with van der Waals surface area (Å²) < 4.78 is 24.0. The van der Waals surface area contributed by atoms with Gasteiger partial charge in [-0.3, -0.25) is 4.79 Å². The highest BCUT2D eigenvalue weighted by Gasteiger charge is 2.28. The molecule has 3 aromatic rings. The molecule has 2 fully saturated rings. The summed E-state index contributed by atoms with van der Waals surface area (Å²) in [6.07, 6.45) is 3.54. The first-order chi connectivity index (χ1) is 18.3. The molecule has 6 nitrogen and oxygen atoms in total. The number of benzene rings is 3. The molecule has 1 N–H and O–H groups in total. The van der Waals surface area contributed by atoms with Crippen LogP contribution >= 0.6 is 0 Å². The Hall–Kier alpha value is -3.32. The fourth-order valence-electron chi connectivity index (χ4n) is 5.75. The molecule has 7 heteroatoms. The van der Waals surface area contributed by atoms with Gasteiger partial charge in [0.25, 0.3) is 0 Å². The van der Waals surface area contributed by atoms with Crippen molar-refractivity contribution in [3.63, 3.8) is 0 Å². The molecule has 1 amide bonds. The van der Waals surface area contributed by atoms with Crippen LogP contribution in [0.5, 0.6) is 0 Å². The molecular weight excluding hydrogens is 494 g/mol. The number of hydrogen-bond acceptors (Lipinski definition) is 5. The summed E-state index contributed by atoms with van der Waals surface area (Å²) in [5.41, 5.74) is 7.74. The lowest BCUT2D eigenvalue weighted by Gasteiger charge is -2.35. The van der Waals surface area contributed by atoms with E-state index in [0.717, 1.165) is 53.9 Å². The Bertz CT molecular complexity index is 1390. The predicted octanol–water partition coefficient (Wildman–Crippen LogP) is 5.11. The van der Waals surface area contributed by atoms with E-state index in [-0.39, 0.29) is 23.5 Å². The highest BCUT2D eigenvalue weighted by Crippen LogP contribution is 2.41. The van der Waals surface area contributed by atoms with Crippen molar-refractivity contribution >= 4 is 27.1 Å². The Morgan fingerprint density at radius 1 is 0.816 bits per heavy atom. The SMILES string of the molecule is CC(=O)NC(c1cc(N2CCS(=O)(=O)CC2)ccc1C)c1cccc(-c2ccccc2)c1N1CCCCC1. The van der Waals surface area contributed by atoms with Crippen molar-refractivity contribution in [2.45, 2.75) is 39.2 Å². The van der Waals surface area contributed by atoms with Crippen molar-refractivity contribution in [1.29, 1.82) is 0 Å². The Labute approximate surface area is 226 Å². The third-order valence-corrected chi connectivity index (χ3v) is 9.38. The number of amides is 1. The Morgan fingerprint density at radius 3 is 2.21 bits per heavy atom. The third-order valence-electron chi connectivity index (χ3n) is 7.77. The molecule has 0 bridgehead atoms. The number of nitrogens with zero attached hydrogens (tertiary/aromatic N) is 2. The van der Waals surface area contributed by atoms with Crippen LogP contribution in [-0.2, 0) is 14.6 Å². The quantitative estimate of drug-likeness (QED) is 0.479. The highest BCUT2D eigenvalue weighted by molar-refractivity contribution is 7.91. The van der Waals surface area contributed by atoms with E-state index in [1.807, 2.05) is 6.07 Å². The number of anilines is 2. The molecule has 3 aromatic carbocycles. The maximum absolute atomic E-state index is 12.6. The van der Waals surface area contributed by atoms with E-state index < -0.39 is 9.84 Å². The van der Waals surface area contributed by atoms with E-state index in [9.17, 15) is 13.2 Å². The molecular formula is C31H37N3O3S. The molecule has 200 valence electrons. The van der Waals surface area contributed by atoms with E-state index in [1.165, 1.54) is 17.7 Å². The fourth-order valence-corrected chi connectivity index (χ4v) is 6.95. The van der Waals surface area contributed by atoms with Crippen LogP contribution in [0.25, 0.3) is 11.1 Å². The van der Waals surface area contributed by atoms with Crippen molar-refractivity contribution in [3.8, 4) is 11.1 Å². The van der Waals surface area contributed by atoms with E-state index >= 15 is 0 Å². The first-order valence-electron chi connectivity index (χ1n) is 13.6. The number of sulfone groups is 1. The Kier molecular flexibility index (Phi) is 7.75. The van der Waals surface area contributed by atoms with Gasteiger partial charge >= 0.3 is 0 Å². The number of nitrogens with one attached hydrogen (secondary N) is 1. The van der Waals surface area contributed by atoms with Crippen molar-refractivity contribution in [3.05, 3.63) is 83.4 Å². The largest absolute Gasteiger partial charge is 0.371 e. The van der Waals surface area contributed by atoms with Crippen molar-refractivity contribution in [1.82, 2.24) is 5.32 Å². The lowest BCUT2D eigenvalue weighted by atomic mass is 9.89. The molecule has 2 saturated heterocycles. The van der Waals surface area contributed by atoms with Gasteiger partial charge in [-0.2, -0.15) is 0 Å². The number of hydrogen-bond donors (Lipinski definition) is 1. The second kappa shape index (κ2) is 11.2. The first kappa shape index (κ1) is 26.3. The zero-order valence-electron chi connectivity index (χ0n) is 22.3. The van der Waals surface area contributed by atoms with Gasteiger partial charge in [0.2, 0.25) is 5.91 Å². The molecule has 0 aromatic heterocycles. The smallest absolute Gasteiger partial charge is 0.217 e. The average molecular weight is 532 g/mol. The summed E-state index contributed by atoms with van der Waals surface area (Å²) in [7, 11) is -2.97. The summed E-state index contributed by atoms with van der Waals surface area (Å²) in [6.45, 7) is 6.60. The van der Waals surface area contributed by atoms with E-state index in [2.05, 4.69) is 82.7 Å². The van der Waals surface area contributed by atoms with Crippen LogP contribution < -0.4 is 15.1 Å². The average Bonchev–Trinajstić information content (AvgIpc) is 2.93. The number of aryl methyl sites for hydroxylation is 1. The standard InChI is InChI=1S/C31H37N3O3S/c1-23-14-15-26(33-18-20-38(36,37)21-19-33)22-29(23)30(32-24(2)35)28-13-9-12-27(25-10-5-3-6-11-25)31(28)34-16-7-4-8-17-34/h3,5-6,9-15,22,30H,4,7-8,16-21H2,1-2H3,(H,32,35). The molecule has 5 rings (SSSR count). The number of para-hydroxylation sites is 1. The Morgan fingerprint density at radius 2 is 1.53 bits per heavy atom. The number of carbonyl (C=O) groups is 1. The molecule has 0 spiro atoms. The molecule has 2 aliphatic rings. The summed E-state index contributed by atoms with van der Waals surface area (Å²) in [4.78, 5) is 17.2. The van der Waals surface area contributed by atoms with E-state index in [0.29, 0.717) is 13.1 Å². The number of piperidine rings is 1. The number of rotatable bonds is 6. The minimum atomic E-state index is -2.97. The molecule has 1 unspecified atom stereocenters. The lowest BCUT2D eigenvalue weighted by molar-refractivity contribution is -0.119. The van der Waals surface area contributed by atoms with E-state index in [4.69, 9.17) is 0 Å². The van der Waals surface area contributed by atoms with E-state index in [1.54, 1.807) is 6.92 Å². The number of carbonyl (C=O) groups excluding carboxylic acids is 1. The minimum Gasteiger partial charge on any atom is -0.371 e. The van der Waals surface area contributed by atoms with Crippen LogP contribution in [0.15, 0.2) is 66.7 Å². The Balaban J connectivity index is 1.64. The zero-order valence-corrected chi connectivity index (χ0v) is 23.1. The molecule has 0 radical (unpaired) electrons. The van der Waals surface area contributed by atoms with Gasteiger partial charge in [-0.25, -0.2) is 8.42 Å². The van der Waals surface area contributed by atoms with Crippen molar-refractivity contribution in [2.75, 3.05) is 47.5 Å². The van der Waals surface area contributed by atoms with Crippen molar-refractivity contribution < 1.29 is 13.2 Å². The molecule has 0 saturated carbocycles. The van der Waals surface area contributed by atoms with Crippen LogP contribution in [-0.4, -0.2) is 52.0 Å². The monoisotopic (exact) mass is 531 g/mol. The maximum Gasteiger partial charge on any atom is 0.217 e. The predicted molar refractivity (Wildman–Crippen MR) is 156 cm³/mol. The minimum absolute atomic E-state index is 0.0847. The normalized spacial score (nSPS) is 18.2. The fraction of sp³-hybridized carbons (Fsp3) is 0.387. The molecule has 38 heavy (non-hydrogen) atoms. The first-order valence-corrected chi connectivity index (χ1v) is 15.4. The molecule has 2 heterocycles. The molecule has 0 aliphatic carbocycles.